The number of nitrogens with zero attached hydrogens (tertiary/aromatic N) is 1. The summed E-state index contributed by atoms with van der Waals surface area (Å²) in [5.74, 6) is -5.00. The molecule has 0 aliphatic rings. The molecule has 0 amide bonds. The Kier molecular flexibility index (Phi) is 3.06. The van der Waals surface area contributed by atoms with Gasteiger partial charge in [-0.05, 0) is 0 Å². The number of aromatic amines is 1. The molecule has 0 aliphatic heterocycles. The molecule has 90 valence electrons. The van der Waals surface area contributed by atoms with Gasteiger partial charge in [-0.15, -0.1) is 0 Å². The van der Waals surface area contributed by atoms with Crippen molar-refractivity contribution in [1.29, 1.82) is 0 Å². The van der Waals surface area contributed by atoms with Crippen LogP contribution in [-0.2, 0) is 6.54 Å². The average Bonchev–Trinajstić information content (AvgIpc) is 2.11. The van der Waals surface area contributed by atoms with Crippen LogP contribution in [0.1, 0.15) is 0 Å². The molecule has 0 aliphatic carbocycles. The standard InChI is InChI=1S/C7H7F4N3O2/c8-5(9)7(10,11)2-14-3(12)1-4(15)13-6(14)16/h1,5H,2,12H2,(H,13,15,16). The number of hydrogen-bond donors (Lipinski definition) is 2. The molecule has 0 saturated heterocycles. The maximum Gasteiger partial charge on any atom is 0.330 e. The van der Waals surface area contributed by atoms with Crippen LogP contribution in [0, 0.1) is 0 Å². The Morgan fingerprint density at radius 1 is 1.44 bits per heavy atom. The van der Waals surface area contributed by atoms with Crippen LogP contribution in [0.5, 0.6) is 0 Å². The summed E-state index contributed by atoms with van der Waals surface area (Å²) in [4.78, 5) is 23.3. The Hall–Kier alpha value is -1.80. The SMILES string of the molecule is Nc1cc(=O)[nH]c(=O)n1CC(F)(F)C(F)F. The number of anilines is 1. The van der Waals surface area contributed by atoms with E-state index in [0.29, 0.717) is 6.07 Å². The molecule has 16 heavy (non-hydrogen) atoms. The van der Waals surface area contributed by atoms with Crippen LogP contribution in [-0.4, -0.2) is 21.9 Å². The van der Waals surface area contributed by atoms with Crippen molar-refractivity contribution >= 4 is 5.82 Å². The topological polar surface area (TPSA) is 80.9 Å². The molecule has 1 heterocycles. The number of nitrogens with one attached hydrogen (secondary N) is 1. The highest BCUT2D eigenvalue weighted by atomic mass is 19.3. The van der Waals surface area contributed by atoms with Gasteiger partial charge in [0.2, 0.25) is 0 Å². The number of nitrogen functional groups attached to an aromatic ring is 1. The van der Waals surface area contributed by atoms with Crippen LogP contribution in [0.2, 0.25) is 0 Å². The van der Waals surface area contributed by atoms with Crippen LogP contribution in [0.15, 0.2) is 15.7 Å². The highest BCUT2D eigenvalue weighted by Gasteiger charge is 2.41. The van der Waals surface area contributed by atoms with Gasteiger partial charge in [0.05, 0.1) is 6.54 Å². The minimum atomic E-state index is -4.39. The molecule has 0 aromatic carbocycles. The van der Waals surface area contributed by atoms with E-state index < -0.39 is 36.0 Å². The van der Waals surface area contributed by atoms with E-state index in [0.717, 1.165) is 0 Å². The van der Waals surface area contributed by atoms with E-state index in [2.05, 4.69) is 0 Å². The number of nitrogens with two attached hydrogens (primary N) is 1. The Labute approximate surface area is 85.5 Å². The fraction of sp³-hybridized carbons (Fsp3) is 0.429. The van der Waals surface area contributed by atoms with Crippen molar-refractivity contribution in [3.05, 3.63) is 26.9 Å². The van der Waals surface area contributed by atoms with Crippen molar-refractivity contribution in [1.82, 2.24) is 9.55 Å². The number of aromatic nitrogens is 2. The summed E-state index contributed by atoms with van der Waals surface area (Å²) in [6.07, 6.45) is -3.93. The second kappa shape index (κ2) is 3.99. The predicted molar refractivity (Wildman–Crippen MR) is 46.7 cm³/mol. The number of alkyl halides is 4. The zero-order valence-corrected chi connectivity index (χ0v) is 7.71. The first kappa shape index (κ1) is 12.3. The Bertz CT molecular complexity index is 493. The molecule has 0 spiro atoms. The van der Waals surface area contributed by atoms with Crippen molar-refractivity contribution in [2.75, 3.05) is 5.73 Å². The fourth-order valence-electron chi connectivity index (χ4n) is 0.981. The second-order valence-electron chi connectivity index (χ2n) is 3.01. The van der Waals surface area contributed by atoms with Gasteiger partial charge >= 0.3 is 18.0 Å². The van der Waals surface area contributed by atoms with Crippen molar-refractivity contribution in [3.63, 3.8) is 0 Å². The molecular formula is C7H7F4N3O2. The third-order valence-electron chi connectivity index (χ3n) is 1.75. The third-order valence-corrected chi connectivity index (χ3v) is 1.75. The van der Waals surface area contributed by atoms with Crippen molar-refractivity contribution in [3.8, 4) is 0 Å². The maximum atomic E-state index is 12.6. The van der Waals surface area contributed by atoms with E-state index in [1.165, 1.54) is 0 Å². The number of hydrogen-bond acceptors (Lipinski definition) is 3. The van der Waals surface area contributed by atoms with Crippen LogP contribution in [0.3, 0.4) is 0 Å². The lowest BCUT2D eigenvalue weighted by Gasteiger charge is -2.17. The molecule has 0 unspecified atom stereocenters. The van der Waals surface area contributed by atoms with Gasteiger partial charge in [-0.2, -0.15) is 8.78 Å². The number of H-pyrrole nitrogens is 1. The largest absolute Gasteiger partial charge is 0.385 e. The smallest absolute Gasteiger partial charge is 0.330 e. The van der Waals surface area contributed by atoms with Gasteiger partial charge in [0.15, 0.2) is 0 Å². The lowest BCUT2D eigenvalue weighted by Crippen LogP contribution is -2.40. The molecule has 1 aromatic rings. The normalized spacial score (nSPS) is 12.1. The summed E-state index contributed by atoms with van der Waals surface area (Å²) < 4.78 is 49.2. The van der Waals surface area contributed by atoms with Gasteiger partial charge in [0, 0.05) is 6.07 Å². The molecule has 0 atom stereocenters. The zero-order valence-electron chi connectivity index (χ0n) is 7.71. The van der Waals surface area contributed by atoms with E-state index >= 15 is 0 Å². The summed E-state index contributed by atoms with van der Waals surface area (Å²) in [5, 5.41) is 0. The van der Waals surface area contributed by atoms with Crippen molar-refractivity contribution in [2.24, 2.45) is 0 Å². The van der Waals surface area contributed by atoms with Crippen LogP contribution < -0.4 is 17.0 Å². The molecule has 0 bridgehead atoms. The Balaban J connectivity index is 3.17. The van der Waals surface area contributed by atoms with E-state index in [4.69, 9.17) is 5.73 Å². The first-order valence-electron chi connectivity index (χ1n) is 3.99. The predicted octanol–water partition coefficient (Wildman–Crippen LogP) is 0.0192. The van der Waals surface area contributed by atoms with E-state index in [1.54, 1.807) is 4.98 Å². The minimum absolute atomic E-state index is 0.174. The molecule has 1 rings (SSSR count). The Morgan fingerprint density at radius 2 is 2.00 bits per heavy atom. The quantitative estimate of drug-likeness (QED) is 0.732. The highest BCUT2D eigenvalue weighted by Crippen LogP contribution is 2.24. The van der Waals surface area contributed by atoms with Crippen LogP contribution >= 0.6 is 0 Å². The summed E-state index contributed by atoms with van der Waals surface area (Å²) in [6.45, 7) is -1.59. The second-order valence-corrected chi connectivity index (χ2v) is 3.01. The van der Waals surface area contributed by atoms with Crippen molar-refractivity contribution < 1.29 is 17.6 Å². The van der Waals surface area contributed by atoms with Gasteiger partial charge in [-0.3, -0.25) is 14.3 Å². The lowest BCUT2D eigenvalue weighted by molar-refractivity contribution is -0.138. The van der Waals surface area contributed by atoms with Crippen LogP contribution in [0.25, 0.3) is 0 Å². The molecule has 3 N–H and O–H groups in total. The minimum Gasteiger partial charge on any atom is -0.385 e. The summed E-state index contributed by atoms with van der Waals surface area (Å²) in [5.41, 5.74) is 2.95. The van der Waals surface area contributed by atoms with Crippen molar-refractivity contribution in [2.45, 2.75) is 18.9 Å². The van der Waals surface area contributed by atoms with E-state index in [1.807, 2.05) is 0 Å². The molecule has 0 fully saturated rings. The first-order valence-corrected chi connectivity index (χ1v) is 3.99. The maximum absolute atomic E-state index is 12.6. The first-order chi connectivity index (χ1) is 7.24. The molecule has 5 nitrogen and oxygen atoms in total. The average molecular weight is 241 g/mol. The highest BCUT2D eigenvalue weighted by molar-refractivity contribution is 5.26. The monoisotopic (exact) mass is 241 g/mol. The third kappa shape index (κ3) is 2.41. The molecule has 9 heteroatoms. The number of rotatable bonds is 3. The van der Waals surface area contributed by atoms with Gasteiger partial charge in [-0.25, -0.2) is 13.6 Å². The van der Waals surface area contributed by atoms with E-state index in [-0.39, 0.29) is 4.57 Å². The summed E-state index contributed by atoms with van der Waals surface area (Å²) >= 11 is 0. The summed E-state index contributed by atoms with van der Waals surface area (Å²) in [6, 6.07) is 0.656. The van der Waals surface area contributed by atoms with Gasteiger partial charge in [0.1, 0.15) is 5.82 Å². The summed E-state index contributed by atoms with van der Waals surface area (Å²) in [7, 11) is 0. The zero-order chi connectivity index (χ0) is 12.5. The molecule has 0 radical (unpaired) electrons. The van der Waals surface area contributed by atoms with E-state index in [9.17, 15) is 27.2 Å². The van der Waals surface area contributed by atoms with Gasteiger partial charge in [-0.1, -0.05) is 0 Å². The fourth-order valence-corrected chi connectivity index (χ4v) is 0.981. The van der Waals surface area contributed by atoms with Gasteiger partial charge in [0.25, 0.3) is 5.56 Å². The molecular weight excluding hydrogens is 234 g/mol. The molecule has 1 aromatic heterocycles. The lowest BCUT2D eigenvalue weighted by atomic mass is 10.3. The van der Waals surface area contributed by atoms with Crippen LogP contribution in [0.4, 0.5) is 23.4 Å². The Morgan fingerprint density at radius 3 is 2.44 bits per heavy atom. The van der Waals surface area contributed by atoms with Gasteiger partial charge < -0.3 is 5.73 Å². The molecule has 0 saturated carbocycles. The number of halogens is 4.